The van der Waals surface area contributed by atoms with Crippen molar-refractivity contribution in [1.82, 2.24) is 25.9 Å². The molecule has 1 heterocycles. The highest BCUT2D eigenvalue weighted by atomic mass is 32.2. The third kappa shape index (κ3) is 11.2. The van der Waals surface area contributed by atoms with E-state index in [1.54, 1.807) is 0 Å². The first-order valence-corrected chi connectivity index (χ1v) is 12.3. The summed E-state index contributed by atoms with van der Waals surface area (Å²) >= 11 is 1.47. The van der Waals surface area contributed by atoms with Crippen molar-refractivity contribution in [2.45, 2.75) is 56.3 Å². The maximum Gasteiger partial charge on any atom is 0.326 e. The minimum Gasteiger partial charge on any atom is -0.480 e. The van der Waals surface area contributed by atoms with E-state index >= 15 is 0 Å². The van der Waals surface area contributed by atoms with Gasteiger partial charge in [0.1, 0.15) is 18.1 Å². The normalized spacial score (nSPS) is 14.1. The van der Waals surface area contributed by atoms with Crippen molar-refractivity contribution < 1.29 is 33.9 Å². The van der Waals surface area contributed by atoms with Crippen LogP contribution in [0.25, 0.3) is 0 Å². The van der Waals surface area contributed by atoms with Gasteiger partial charge in [-0.25, -0.2) is 9.78 Å². The van der Waals surface area contributed by atoms with Gasteiger partial charge in [0.05, 0.1) is 18.8 Å². The molecule has 0 bridgehead atoms. The molecule has 0 fully saturated rings. The van der Waals surface area contributed by atoms with Gasteiger partial charge in [-0.3, -0.25) is 24.0 Å². The molecule has 4 unspecified atom stereocenters. The van der Waals surface area contributed by atoms with Gasteiger partial charge in [0.2, 0.25) is 29.5 Å². The number of nitrogens with two attached hydrogens (primary N) is 3. The van der Waals surface area contributed by atoms with Crippen molar-refractivity contribution >= 4 is 47.3 Å². The number of carbonyl (C=O) groups excluding carboxylic acids is 5. The highest BCUT2D eigenvalue weighted by molar-refractivity contribution is 7.98. The van der Waals surface area contributed by atoms with Crippen LogP contribution >= 0.6 is 11.8 Å². The van der Waals surface area contributed by atoms with Gasteiger partial charge < -0.3 is 43.2 Å². The molecule has 5 amide bonds. The van der Waals surface area contributed by atoms with E-state index in [0.29, 0.717) is 17.9 Å². The Morgan fingerprint density at radius 1 is 0.972 bits per heavy atom. The molecule has 0 saturated carbocycles. The van der Waals surface area contributed by atoms with Crippen molar-refractivity contribution in [3.05, 3.63) is 18.2 Å². The lowest BCUT2D eigenvalue weighted by Crippen LogP contribution is -2.58. The Kier molecular flexibility index (Phi) is 13.0. The number of aromatic amines is 1. The molecule has 1 aromatic heterocycles. The number of aliphatic carboxylic acids is 1. The van der Waals surface area contributed by atoms with Gasteiger partial charge in [-0.2, -0.15) is 11.8 Å². The largest absolute Gasteiger partial charge is 0.480 e. The van der Waals surface area contributed by atoms with E-state index in [1.165, 1.54) is 24.3 Å². The standard InChI is InChI=1S/C20H32N8O7S/c1-36-5-4-11(21)17(31)27-14(7-16(23)30)19(33)28-13(6-10-8-24-9-25-10)18(32)26-12(20(34)35)2-3-15(22)29/h8-9,11-14H,2-7,21H2,1H3,(H2,22,29)(H2,23,30)(H,24,25)(H,26,32)(H,27,31)(H,28,33)(H,34,35). The summed E-state index contributed by atoms with van der Waals surface area (Å²) in [6.45, 7) is 0. The zero-order chi connectivity index (χ0) is 27.3. The van der Waals surface area contributed by atoms with Crippen LogP contribution in [0.4, 0.5) is 0 Å². The Hall–Kier alpha value is -3.66. The van der Waals surface area contributed by atoms with Crippen LogP contribution in [0.2, 0.25) is 0 Å². The van der Waals surface area contributed by atoms with Gasteiger partial charge in [0.25, 0.3) is 0 Å². The van der Waals surface area contributed by atoms with E-state index in [9.17, 15) is 33.9 Å². The summed E-state index contributed by atoms with van der Waals surface area (Å²) in [6.07, 6.45) is 3.62. The van der Waals surface area contributed by atoms with Crippen LogP contribution in [0, 0.1) is 0 Å². The zero-order valence-corrected chi connectivity index (χ0v) is 20.5. The van der Waals surface area contributed by atoms with E-state index in [1.807, 2.05) is 6.26 Å². The highest BCUT2D eigenvalue weighted by Gasteiger charge is 2.31. The summed E-state index contributed by atoms with van der Waals surface area (Å²) in [4.78, 5) is 78.9. The van der Waals surface area contributed by atoms with Crippen molar-refractivity contribution in [2.24, 2.45) is 17.2 Å². The van der Waals surface area contributed by atoms with Crippen molar-refractivity contribution in [1.29, 1.82) is 0 Å². The van der Waals surface area contributed by atoms with E-state index in [-0.39, 0.29) is 19.3 Å². The number of rotatable bonds is 17. The van der Waals surface area contributed by atoms with Gasteiger partial charge in [-0.15, -0.1) is 0 Å². The van der Waals surface area contributed by atoms with Crippen molar-refractivity contribution in [3.8, 4) is 0 Å². The summed E-state index contributed by atoms with van der Waals surface area (Å²) in [5.74, 6) is -4.95. The average Bonchev–Trinajstić information content (AvgIpc) is 3.31. The topological polar surface area (TPSA) is 265 Å². The van der Waals surface area contributed by atoms with Crippen molar-refractivity contribution in [3.63, 3.8) is 0 Å². The minimum atomic E-state index is -1.46. The monoisotopic (exact) mass is 528 g/mol. The Morgan fingerprint density at radius 3 is 2.11 bits per heavy atom. The summed E-state index contributed by atoms with van der Waals surface area (Å²) in [6, 6.07) is -5.17. The fraction of sp³-hybridized carbons (Fsp3) is 0.550. The number of nitrogens with zero attached hydrogens (tertiary/aromatic N) is 1. The molecule has 0 spiro atoms. The number of nitrogens with one attached hydrogen (secondary N) is 4. The lowest BCUT2D eigenvalue weighted by atomic mass is 10.1. The third-order valence-corrected chi connectivity index (χ3v) is 5.56. The predicted molar refractivity (Wildman–Crippen MR) is 129 cm³/mol. The lowest BCUT2D eigenvalue weighted by Gasteiger charge is -2.24. The number of amides is 5. The number of imidazole rings is 1. The second-order valence-corrected chi connectivity index (χ2v) is 8.85. The molecule has 36 heavy (non-hydrogen) atoms. The van der Waals surface area contributed by atoms with Crippen LogP contribution in [0.3, 0.4) is 0 Å². The molecule has 1 aromatic rings. The third-order valence-electron chi connectivity index (χ3n) is 4.91. The lowest BCUT2D eigenvalue weighted by molar-refractivity contribution is -0.142. The number of hydrogen-bond donors (Lipinski definition) is 8. The first kappa shape index (κ1) is 30.4. The number of carboxylic acids is 1. The molecular weight excluding hydrogens is 496 g/mol. The number of primary amides is 2. The number of carbonyl (C=O) groups is 6. The first-order valence-electron chi connectivity index (χ1n) is 10.9. The minimum absolute atomic E-state index is 0.135. The Bertz CT molecular complexity index is 927. The van der Waals surface area contributed by atoms with E-state index in [0.717, 1.165) is 0 Å². The van der Waals surface area contributed by atoms with Crippen LogP contribution in [-0.4, -0.2) is 86.8 Å². The van der Waals surface area contributed by atoms with Gasteiger partial charge in [-0.1, -0.05) is 0 Å². The van der Waals surface area contributed by atoms with E-state index in [4.69, 9.17) is 17.2 Å². The number of hydrogen-bond acceptors (Lipinski definition) is 9. The van der Waals surface area contributed by atoms with Crippen molar-refractivity contribution in [2.75, 3.05) is 12.0 Å². The Labute approximate surface area is 211 Å². The molecule has 0 aliphatic heterocycles. The van der Waals surface area contributed by atoms with Crippen LogP contribution in [0.5, 0.6) is 0 Å². The molecule has 11 N–H and O–H groups in total. The molecule has 0 radical (unpaired) electrons. The van der Waals surface area contributed by atoms with Gasteiger partial charge in [0.15, 0.2) is 0 Å². The van der Waals surface area contributed by atoms with Crippen LogP contribution < -0.4 is 33.2 Å². The van der Waals surface area contributed by atoms with Crippen LogP contribution in [0.1, 0.15) is 31.4 Å². The smallest absolute Gasteiger partial charge is 0.326 e. The Balaban J connectivity index is 3.05. The molecule has 0 saturated heterocycles. The average molecular weight is 529 g/mol. The molecule has 4 atom stereocenters. The fourth-order valence-electron chi connectivity index (χ4n) is 2.98. The molecule has 0 aliphatic carbocycles. The summed E-state index contributed by atoms with van der Waals surface area (Å²) in [5, 5.41) is 16.4. The first-order chi connectivity index (χ1) is 16.9. The molecule has 0 aliphatic rings. The molecule has 1 rings (SSSR count). The number of carboxylic acid groups (broad SMARTS) is 1. The number of H-pyrrole nitrogens is 1. The summed E-state index contributed by atoms with van der Waals surface area (Å²) in [5.41, 5.74) is 16.5. The molecule has 200 valence electrons. The van der Waals surface area contributed by atoms with Gasteiger partial charge in [-0.05, 0) is 24.9 Å². The van der Waals surface area contributed by atoms with Crippen LogP contribution in [0.15, 0.2) is 12.5 Å². The summed E-state index contributed by atoms with van der Waals surface area (Å²) < 4.78 is 0. The quantitative estimate of drug-likeness (QED) is 0.0998. The fourth-order valence-corrected chi connectivity index (χ4v) is 3.47. The predicted octanol–water partition coefficient (Wildman–Crippen LogP) is -3.29. The maximum atomic E-state index is 13.0. The second kappa shape index (κ2) is 15.4. The number of aromatic nitrogens is 2. The maximum absolute atomic E-state index is 13.0. The SMILES string of the molecule is CSCCC(N)C(=O)NC(CC(N)=O)C(=O)NC(Cc1cnc[nH]1)C(=O)NC(CCC(N)=O)C(=O)O. The van der Waals surface area contributed by atoms with E-state index in [2.05, 4.69) is 25.9 Å². The molecule has 0 aromatic carbocycles. The van der Waals surface area contributed by atoms with Gasteiger partial charge in [0, 0.05) is 24.7 Å². The molecule has 16 heteroatoms. The summed E-state index contributed by atoms with van der Waals surface area (Å²) in [7, 11) is 0. The van der Waals surface area contributed by atoms with Crippen LogP contribution in [-0.2, 0) is 35.2 Å². The zero-order valence-electron chi connectivity index (χ0n) is 19.7. The highest BCUT2D eigenvalue weighted by Crippen LogP contribution is 2.05. The van der Waals surface area contributed by atoms with E-state index < -0.39 is 66.1 Å². The second-order valence-electron chi connectivity index (χ2n) is 7.87. The Morgan fingerprint density at radius 2 is 1.58 bits per heavy atom. The molecular formula is C20H32N8O7S. The molecule has 15 nitrogen and oxygen atoms in total. The number of thioether (sulfide) groups is 1. The van der Waals surface area contributed by atoms with Gasteiger partial charge >= 0.3 is 5.97 Å².